The molecule has 4 aromatic carbocycles. The monoisotopic (exact) mass is 478 g/mol. The Labute approximate surface area is 209 Å². The lowest BCUT2D eigenvalue weighted by Crippen LogP contribution is -2.37. The number of carbonyl (C=O) groups excluding carboxylic acids is 3. The topological polar surface area (TPSA) is 96.5 Å². The average Bonchev–Trinajstić information content (AvgIpc) is 2.93. The molecule has 4 aromatic rings. The van der Waals surface area contributed by atoms with Crippen LogP contribution >= 0.6 is 0 Å². The summed E-state index contributed by atoms with van der Waals surface area (Å²) in [5.74, 6) is -0.479. The van der Waals surface area contributed by atoms with E-state index in [-0.39, 0.29) is 5.91 Å². The van der Waals surface area contributed by atoms with E-state index in [1.165, 1.54) is 0 Å². The van der Waals surface area contributed by atoms with Gasteiger partial charge in [0, 0.05) is 28.6 Å². The van der Waals surface area contributed by atoms with E-state index in [1.54, 1.807) is 98.1 Å². The summed E-state index contributed by atoms with van der Waals surface area (Å²) in [7, 11) is 1.56. The minimum Gasteiger partial charge on any atom is -0.497 e. The molecule has 7 nitrogen and oxygen atoms in total. The fourth-order valence-corrected chi connectivity index (χ4v) is 3.49. The Kier molecular flexibility index (Phi) is 7.73. The van der Waals surface area contributed by atoms with Gasteiger partial charge >= 0.3 is 0 Å². The van der Waals surface area contributed by atoms with Crippen LogP contribution in [0.5, 0.6) is 5.75 Å². The fraction of sp³-hybridized carbons (Fsp3) is 0.0690. The first-order valence-corrected chi connectivity index (χ1v) is 11.2. The number of para-hydroxylation sites is 1. The summed E-state index contributed by atoms with van der Waals surface area (Å²) in [5, 5.41) is 8.40. The molecule has 1 unspecified atom stereocenters. The molecule has 0 aliphatic carbocycles. The predicted octanol–water partition coefficient (Wildman–Crippen LogP) is 4.86. The van der Waals surface area contributed by atoms with Crippen molar-refractivity contribution in [1.82, 2.24) is 5.32 Å². The summed E-state index contributed by atoms with van der Waals surface area (Å²) in [5.41, 5.74) is 2.45. The summed E-state index contributed by atoms with van der Waals surface area (Å²) in [6, 6.07) is 31.0. The van der Waals surface area contributed by atoms with E-state index in [9.17, 15) is 14.4 Å². The van der Waals surface area contributed by atoms with Gasteiger partial charge in [0.15, 0.2) is 0 Å². The van der Waals surface area contributed by atoms with Gasteiger partial charge in [-0.25, -0.2) is 0 Å². The smallest absolute Gasteiger partial charge is 0.255 e. The van der Waals surface area contributed by atoms with Crippen molar-refractivity contribution in [2.75, 3.05) is 17.7 Å². The predicted molar refractivity (Wildman–Crippen MR) is 138 cm³/mol. The fourth-order valence-electron chi connectivity index (χ4n) is 3.49. The molecule has 4 rings (SSSR count). The molecule has 0 saturated carbocycles. The number of hydrogen-bond acceptors (Lipinski definition) is 4. The maximum absolute atomic E-state index is 13.3. The standard InChI is InChI=1S/C29H24N3O4/c1-36-25-18-16-24(17-19-25)31-29(35)26(32-28(34)21-8-4-2-5-9-21)20-12-14-22(15-13-20)27(33)30-23-10-6-3-7-11-23/h2-10,12-19,26H,1H3,(H,30,33)(H,31,35)(H,32,34). The van der Waals surface area contributed by atoms with Gasteiger partial charge < -0.3 is 20.7 Å². The summed E-state index contributed by atoms with van der Waals surface area (Å²) in [6.45, 7) is 0. The van der Waals surface area contributed by atoms with Crippen LogP contribution < -0.4 is 20.7 Å². The van der Waals surface area contributed by atoms with Gasteiger partial charge in [0.1, 0.15) is 11.8 Å². The molecule has 1 atom stereocenters. The highest BCUT2D eigenvalue weighted by Crippen LogP contribution is 2.20. The van der Waals surface area contributed by atoms with Crippen LogP contribution in [0.2, 0.25) is 0 Å². The third-order valence-electron chi connectivity index (χ3n) is 5.39. The van der Waals surface area contributed by atoms with Crippen LogP contribution in [-0.4, -0.2) is 24.8 Å². The minimum atomic E-state index is -1.00. The Morgan fingerprint density at radius 2 is 1.39 bits per heavy atom. The van der Waals surface area contributed by atoms with Crippen LogP contribution in [0.25, 0.3) is 0 Å². The second-order valence-electron chi connectivity index (χ2n) is 7.84. The molecule has 0 aromatic heterocycles. The zero-order chi connectivity index (χ0) is 25.3. The van der Waals surface area contributed by atoms with Crippen LogP contribution in [0.1, 0.15) is 32.3 Å². The highest BCUT2D eigenvalue weighted by Gasteiger charge is 2.24. The Morgan fingerprint density at radius 1 is 0.722 bits per heavy atom. The Bertz CT molecular complexity index is 1320. The van der Waals surface area contributed by atoms with E-state index in [0.717, 1.165) is 0 Å². The molecule has 0 spiro atoms. The first-order valence-electron chi connectivity index (χ1n) is 11.2. The third kappa shape index (κ3) is 6.15. The zero-order valence-corrected chi connectivity index (χ0v) is 19.5. The number of rotatable bonds is 8. The van der Waals surface area contributed by atoms with Crippen LogP contribution in [-0.2, 0) is 4.79 Å². The van der Waals surface area contributed by atoms with E-state index in [4.69, 9.17) is 4.74 Å². The van der Waals surface area contributed by atoms with Crippen molar-refractivity contribution >= 4 is 29.1 Å². The normalized spacial score (nSPS) is 11.1. The number of methoxy groups -OCH3 is 1. The van der Waals surface area contributed by atoms with Crippen molar-refractivity contribution in [2.45, 2.75) is 6.04 Å². The molecule has 36 heavy (non-hydrogen) atoms. The van der Waals surface area contributed by atoms with Gasteiger partial charge in [-0.3, -0.25) is 14.4 Å². The molecule has 7 heteroatoms. The molecule has 0 aliphatic heterocycles. The molecular formula is C29H24N3O4. The van der Waals surface area contributed by atoms with Gasteiger partial charge in [-0.15, -0.1) is 0 Å². The second kappa shape index (κ2) is 11.5. The number of hydrogen-bond donors (Lipinski definition) is 3. The van der Waals surface area contributed by atoms with Crippen molar-refractivity contribution in [3.8, 4) is 5.75 Å². The third-order valence-corrected chi connectivity index (χ3v) is 5.39. The first kappa shape index (κ1) is 24.2. The van der Waals surface area contributed by atoms with Gasteiger partial charge in [0.25, 0.3) is 17.7 Å². The lowest BCUT2D eigenvalue weighted by Gasteiger charge is -2.19. The average molecular weight is 479 g/mol. The first-order chi connectivity index (χ1) is 17.5. The maximum atomic E-state index is 13.3. The van der Waals surface area contributed by atoms with Gasteiger partial charge in [0.2, 0.25) is 0 Å². The van der Waals surface area contributed by atoms with Gasteiger partial charge in [-0.05, 0) is 60.2 Å². The number of carbonyl (C=O) groups is 3. The second-order valence-corrected chi connectivity index (χ2v) is 7.84. The molecule has 0 saturated heterocycles. The lowest BCUT2D eigenvalue weighted by atomic mass is 10.0. The van der Waals surface area contributed by atoms with Gasteiger partial charge in [-0.2, -0.15) is 0 Å². The van der Waals surface area contributed by atoms with Crippen LogP contribution in [0.4, 0.5) is 11.4 Å². The summed E-state index contributed by atoms with van der Waals surface area (Å²) in [6.07, 6.45) is 0. The van der Waals surface area contributed by atoms with E-state index < -0.39 is 17.9 Å². The quantitative estimate of drug-likeness (QED) is 0.337. The highest BCUT2D eigenvalue weighted by molar-refractivity contribution is 6.05. The Morgan fingerprint density at radius 3 is 2.03 bits per heavy atom. The number of ether oxygens (including phenoxy) is 1. The summed E-state index contributed by atoms with van der Waals surface area (Å²) >= 11 is 0. The van der Waals surface area contributed by atoms with Crippen LogP contribution in [0.15, 0.2) is 103 Å². The van der Waals surface area contributed by atoms with Crippen LogP contribution in [0, 0.1) is 6.07 Å². The largest absolute Gasteiger partial charge is 0.497 e. The molecule has 0 heterocycles. The molecular weight excluding hydrogens is 454 g/mol. The molecule has 0 fully saturated rings. The van der Waals surface area contributed by atoms with E-state index in [2.05, 4.69) is 22.0 Å². The molecule has 0 bridgehead atoms. The van der Waals surface area contributed by atoms with E-state index in [0.29, 0.717) is 33.8 Å². The van der Waals surface area contributed by atoms with E-state index >= 15 is 0 Å². The molecule has 3 N–H and O–H groups in total. The van der Waals surface area contributed by atoms with Crippen molar-refractivity contribution in [2.24, 2.45) is 0 Å². The number of benzene rings is 4. The van der Waals surface area contributed by atoms with Crippen molar-refractivity contribution < 1.29 is 19.1 Å². The number of amides is 3. The lowest BCUT2D eigenvalue weighted by molar-refractivity contribution is -0.118. The van der Waals surface area contributed by atoms with Crippen molar-refractivity contribution in [3.63, 3.8) is 0 Å². The summed E-state index contributed by atoms with van der Waals surface area (Å²) in [4.78, 5) is 38.7. The molecule has 3 amide bonds. The molecule has 1 radical (unpaired) electrons. The zero-order valence-electron chi connectivity index (χ0n) is 19.5. The van der Waals surface area contributed by atoms with Crippen LogP contribution in [0.3, 0.4) is 0 Å². The minimum absolute atomic E-state index is 0.309. The highest BCUT2D eigenvalue weighted by atomic mass is 16.5. The van der Waals surface area contributed by atoms with Gasteiger partial charge in [-0.1, -0.05) is 48.5 Å². The maximum Gasteiger partial charge on any atom is 0.255 e. The Hall–Kier alpha value is -4.91. The number of nitrogens with one attached hydrogen (secondary N) is 3. The van der Waals surface area contributed by atoms with Crippen molar-refractivity contribution in [3.05, 3.63) is 126 Å². The number of anilines is 2. The molecule has 179 valence electrons. The van der Waals surface area contributed by atoms with Gasteiger partial charge in [0.05, 0.1) is 7.11 Å². The van der Waals surface area contributed by atoms with Crippen molar-refractivity contribution in [1.29, 1.82) is 0 Å². The molecule has 0 aliphatic rings. The Balaban J connectivity index is 1.55. The van der Waals surface area contributed by atoms with E-state index in [1.807, 2.05) is 12.1 Å². The SMILES string of the molecule is COc1ccc(NC(=O)C(NC(=O)c2ccccc2)c2ccc(C(=O)Nc3[c]cccc3)cc2)cc1. The summed E-state index contributed by atoms with van der Waals surface area (Å²) < 4.78 is 5.16.